The van der Waals surface area contributed by atoms with Crippen LogP contribution in [0.2, 0.25) is 0 Å². The number of nitrogens with one attached hydrogen (secondary N) is 3. The lowest BCUT2D eigenvalue weighted by Crippen LogP contribution is -2.38. The Balaban J connectivity index is 1.92. The molecule has 7 heteroatoms. The third kappa shape index (κ3) is 6.48. The van der Waals surface area contributed by atoms with Crippen LogP contribution in [-0.2, 0) is 17.8 Å². The van der Waals surface area contributed by atoms with Crippen LogP contribution in [0.4, 0.5) is 5.69 Å². The second kappa shape index (κ2) is 9.91. The summed E-state index contributed by atoms with van der Waals surface area (Å²) >= 11 is 1.75. The van der Waals surface area contributed by atoms with Crippen molar-refractivity contribution < 1.29 is 4.79 Å². The van der Waals surface area contributed by atoms with Crippen molar-refractivity contribution in [3.8, 4) is 0 Å². The molecule has 6 nitrogen and oxygen atoms in total. The van der Waals surface area contributed by atoms with Gasteiger partial charge in [-0.1, -0.05) is 12.1 Å². The summed E-state index contributed by atoms with van der Waals surface area (Å²) in [4.78, 5) is 21.6. The normalized spacial score (nSPS) is 11.3. The van der Waals surface area contributed by atoms with Crippen molar-refractivity contribution in [3.05, 3.63) is 45.4 Å². The van der Waals surface area contributed by atoms with E-state index in [-0.39, 0.29) is 5.91 Å². The average Bonchev–Trinajstić information content (AvgIpc) is 2.90. The van der Waals surface area contributed by atoms with Gasteiger partial charge < -0.3 is 16.0 Å². The highest BCUT2D eigenvalue weighted by atomic mass is 32.1. The molecule has 0 fully saturated rings. The number of nitrogens with zero attached hydrogens (tertiary/aromatic N) is 2. The monoisotopic (exact) mass is 373 g/mol. The van der Waals surface area contributed by atoms with E-state index < -0.39 is 0 Å². The third-order valence-corrected chi connectivity index (χ3v) is 4.85. The Hall–Kier alpha value is -2.41. The largest absolute Gasteiger partial charge is 0.357 e. The van der Waals surface area contributed by atoms with Crippen LogP contribution in [0.3, 0.4) is 0 Å². The van der Waals surface area contributed by atoms with Gasteiger partial charge in [-0.15, -0.1) is 11.3 Å². The van der Waals surface area contributed by atoms with Crippen LogP contribution < -0.4 is 16.0 Å². The summed E-state index contributed by atoms with van der Waals surface area (Å²) in [5, 5.41) is 10.5. The van der Waals surface area contributed by atoms with Crippen molar-refractivity contribution in [2.24, 2.45) is 4.99 Å². The highest BCUT2D eigenvalue weighted by Crippen LogP contribution is 2.16. The molecule has 0 aliphatic carbocycles. The summed E-state index contributed by atoms with van der Waals surface area (Å²) < 4.78 is 0. The first-order chi connectivity index (χ1) is 12.5. The Bertz CT molecular complexity index is 750. The van der Waals surface area contributed by atoms with Gasteiger partial charge in [0.15, 0.2) is 5.96 Å². The van der Waals surface area contributed by atoms with E-state index in [0.29, 0.717) is 6.54 Å². The number of hydrogen-bond donors (Lipinski definition) is 3. The van der Waals surface area contributed by atoms with Crippen LogP contribution in [0.15, 0.2) is 29.3 Å². The van der Waals surface area contributed by atoms with E-state index in [9.17, 15) is 4.79 Å². The van der Waals surface area contributed by atoms with Crippen molar-refractivity contribution in [1.82, 2.24) is 15.6 Å². The number of carbonyl (C=O) groups excluding carboxylic acids is 1. The summed E-state index contributed by atoms with van der Waals surface area (Å²) in [5.41, 5.74) is 2.95. The van der Waals surface area contributed by atoms with Gasteiger partial charge in [0.05, 0.1) is 17.2 Å². The maximum absolute atomic E-state index is 11.2. The van der Waals surface area contributed by atoms with Crippen LogP contribution in [0.5, 0.6) is 0 Å². The summed E-state index contributed by atoms with van der Waals surface area (Å²) in [5.74, 6) is 0.704. The number of amides is 1. The van der Waals surface area contributed by atoms with E-state index in [0.717, 1.165) is 47.4 Å². The van der Waals surface area contributed by atoms with Gasteiger partial charge in [0.25, 0.3) is 0 Å². The second-order valence-corrected chi connectivity index (χ2v) is 7.29. The van der Waals surface area contributed by atoms with Crippen molar-refractivity contribution >= 4 is 28.9 Å². The summed E-state index contributed by atoms with van der Waals surface area (Å²) in [7, 11) is 0. The smallest absolute Gasteiger partial charge is 0.221 e. The van der Waals surface area contributed by atoms with Gasteiger partial charge in [-0.25, -0.2) is 9.98 Å². The highest BCUT2D eigenvalue weighted by molar-refractivity contribution is 7.11. The van der Waals surface area contributed by atoms with Gasteiger partial charge in [0.2, 0.25) is 5.91 Å². The molecule has 3 N–H and O–H groups in total. The van der Waals surface area contributed by atoms with E-state index in [1.54, 1.807) is 11.3 Å². The van der Waals surface area contributed by atoms with Gasteiger partial charge in [0, 0.05) is 37.0 Å². The minimum Gasteiger partial charge on any atom is -0.357 e. The van der Waals surface area contributed by atoms with E-state index in [4.69, 9.17) is 0 Å². The number of rotatable bonds is 7. The molecule has 2 rings (SSSR count). The molecule has 0 spiro atoms. The number of aryl methyl sites for hydroxylation is 2. The molecule has 0 aliphatic heterocycles. The molecule has 1 aromatic carbocycles. The van der Waals surface area contributed by atoms with Crippen molar-refractivity contribution in [3.63, 3.8) is 0 Å². The molecule has 140 valence electrons. The fraction of sp³-hybridized carbons (Fsp3) is 0.421. The fourth-order valence-corrected chi connectivity index (χ4v) is 3.33. The van der Waals surface area contributed by atoms with Crippen molar-refractivity contribution in [2.75, 3.05) is 18.4 Å². The minimum absolute atomic E-state index is 0.0756. The number of anilines is 1. The van der Waals surface area contributed by atoms with Gasteiger partial charge in [0.1, 0.15) is 0 Å². The lowest BCUT2D eigenvalue weighted by molar-refractivity contribution is -0.114. The number of thiazole rings is 1. The molecule has 0 saturated carbocycles. The van der Waals surface area contributed by atoms with Gasteiger partial charge in [-0.05, 0) is 38.5 Å². The Kier molecular flexibility index (Phi) is 7.59. The van der Waals surface area contributed by atoms with Crippen molar-refractivity contribution in [2.45, 2.75) is 40.7 Å². The quantitative estimate of drug-likeness (QED) is 0.515. The number of aromatic nitrogens is 1. The first-order valence-electron chi connectivity index (χ1n) is 8.79. The molecule has 1 heterocycles. The molecule has 0 aliphatic rings. The SMILES string of the molecule is CCNC(=NCc1cccc(NC(C)=O)c1)NCCc1nc(C)c(C)s1. The Morgan fingerprint density at radius 1 is 1.27 bits per heavy atom. The number of carbonyl (C=O) groups is 1. The summed E-state index contributed by atoms with van der Waals surface area (Å²) in [6.07, 6.45) is 0.877. The Morgan fingerprint density at radius 2 is 2.08 bits per heavy atom. The minimum atomic E-state index is -0.0756. The van der Waals surface area contributed by atoms with Gasteiger partial charge in [-0.3, -0.25) is 4.79 Å². The van der Waals surface area contributed by atoms with Gasteiger partial charge >= 0.3 is 0 Å². The predicted molar refractivity (Wildman–Crippen MR) is 109 cm³/mol. The zero-order valence-electron chi connectivity index (χ0n) is 15.8. The maximum atomic E-state index is 11.2. The summed E-state index contributed by atoms with van der Waals surface area (Å²) in [6.45, 7) is 9.81. The first-order valence-corrected chi connectivity index (χ1v) is 9.61. The number of hydrogen-bond acceptors (Lipinski definition) is 4. The average molecular weight is 374 g/mol. The fourth-order valence-electron chi connectivity index (χ4n) is 2.40. The molecule has 0 saturated heterocycles. The molecule has 1 aromatic heterocycles. The maximum Gasteiger partial charge on any atom is 0.221 e. The third-order valence-electron chi connectivity index (χ3n) is 3.72. The van der Waals surface area contributed by atoms with Crippen LogP contribution in [-0.4, -0.2) is 29.9 Å². The number of benzene rings is 1. The lowest BCUT2D eigenvalue weighted by atomic mass is 10.2. The van der Waals surface area contributed by atoms with Gasteiger partial charge in [-0.2, -0.15) is 0 Å². The van der Waals surface area contributed by atoms with E-state index in [1.165, 1.54) is 11.8 Å². The van der Waals surface area contributed by atoms with Crippen LogP contribution in [0.1, 0.15) is 35.0 Å². The zero-order chi connectivity index (χ0) is 18.9. The molecule has 0 radical (unpaired) electrons. The topological polar surface area (TPSA) is 78.4 Å². The van der Waals surface area contributed by atoms with Crippen molar-refractivity contribution in [1.29, 1.82) is 0 Å². The molecule has 2 aromatic rings. The van der Waals surface area contributed by atoms with Crippen LogP contribution in [0, 0.1) is 13.8 Å². The van der Waals surface area contributed by atoms with Crippen LogP contribution in [0.25, 0.3) is 0 Å². The second-order valence-electron chi connectivity index (χ2n) is 6.00. The standard InChI is InChI=1S/C19H27N5OS/c1-5-20-19(21-10-9-18-23-13(2)14(3)26-18)22-12-16-7-6-8-17(11-16)24-15(4)25/h6-8,11H,5,9-10,12H2,1-4H3,(H,24,25)(H2,20,21,22). The lowest BCUT2D eigenvalue weighted by Gasteiger charge is -2.11. The van der Waals surface area contributed by atoms with E-state index in [2.05, 4.69) is 32.9 Å². The molecular weight excluding hydrogens is 346 g/mol. The Labute approximate surface area is 159 Å². The summed E-state index contributed by atoms with van der Waals surface area (Å²) in [6, 6.07) is 7.73. The molecule has 0 bridgehead atoms. The number of guanidine groups is 1. The molecular formula is C19H27N5OS. The Morgan fingerprint density at radius 3 is 2.73 bits per heavy atom. The first kappa shape index (κ1) is 19.9. The zero-order valence-corrected chi connectivity index (χ0v) is 16.7. The van der Waals surface area contributed by atoms with E-state index >= 15 is 0 Å². The molecule has 26 heavy (non-hydrogen) atoms. The number of aliphatic imine (C=N–C) groups is 1. The predicted octanol–water partition coefficient (Wildman–Crippen LogP) is 3.02. The van der Waals surface area contributed by atoms with Crippen LogP contribution >= 0.6 is 11.3 Å². The molecule has 1 amide bonds. The van der Waals surface area contributed by atoms with E-state index in [1.807, 2.05) is 38.1 Å². The molecule has 0 unspecified atom stereocenters. The molecule has 0 atom stereocenters. The highest BCUT2D eigenvalue weighted by Gasteiger charge is 2.04.